The zero-order chi connectivity index (χ0) is 10.1. The van der Waals surface area contributed by atoms with E-state index < -0.39 is 0 Å². The summed E-state index contributed by atoms with van der Waals surface area (Å²) in [6, 6.07) is 0. The molecule has 0 aromatic carbocycles. The van der Waals surface area contributed by atoms with Gasteiger partial charge in [0.05, 0.1) is 5.60 Å². The van der Waals surface area contributed by atoms with Crippen LogP contribution >= 0.6 is 0 Å². The lowest BCUT2D eigenvalue weighted by atomic mass is 9.69. The minimum Gasteiger partial charge on any atom is -0.390 e. The van der Waals surface area contributed by atoms with Crippen LogP contribution in [-0.4, -0.2) is 10.7 Å². The average Bonchev–Trinajstić information content (AvgIpc) is 1.95. The van der Waals surface area contributed by atoms with Crippen molar-refractivity contribution in [2.75, 3.05) is 0 Å². The Morgan fingerprint density at radius 2 is 1.92 bits per heavy atom. The molecule has 1 aliphatic carbocycles. The molecule has 1 nitrogen and oxygen atoms in total. The van der Waals surface area contributed by atoms with Gasteiger partial charge < -0.3 is 5.11 Å². The second-order valence-corrected chi connectivity index (χ2v) is 5.49. The SMILES string of the molecule is CC(C)CC1(O)CC(C)CCC1C. The van der Waals surface area contributed by atoms with E-state index in [2.05, 4.69) is 27.7 Å². The van der Waals surface area contributed by atoms with Crippen LogP contribution in [0.1, 0.15) is 53.4 Å². The molecule has 1 fully saturated rings. The van der Waals surface area contributed by atoms with Gasteiger partial charge in [0.25, 0.3) is 0 Å². The number of aliphatic hydroxyl groups is 1. The van der Waals surface area contributed by atoms with Crippen LogP contribution in [0.2, 0.25) is 0 Å². The van der Waals surface area contributed by atoms with Gasteiger partial charge in [-0.25, -0.2) is 0 Å². The molecular formula is C12H24O. The Balaban J connectivity index is 2.61. The van der Waals surface area contributed by atoms with Crippen LogP contribution in [0.5, 0.6) is 0 Å². The smallest absolute Gasteiger partial charge is 0.0678 e. The Bertz CT molecular complexity index is 161. The molecule has 1 aliphatic rings. The lowest BCUT2D eigenvalue weighted by Crippen LogP contribution is -2.42. The molecule has 0 saturated heterocycles. The van der Waals surface area contributed by atoms with E-state index in [0.717, 1.165) is 12.8 Å². The van der Waals surface area contributed by atoms with Crippen LogP contribution in [-0.2, 0) is 0 Å². The van der Waals surface area contributed by atoms with Crippen LogP contribution in [0.4, 0.5) is 0 Å². The Morgan fingerprint density at radius 3 is 2.46 bits per heavy atom. The molecule has 0 radical (unpaired) electrons. The normalized spacial score (nSPS) is 41.1. The van der Waals surface area contributed by atoms with Crippen molar-refractivity contribution < 1.29 is 5.11 Å². The first-order valence-corrected chi connectivity index (χ1v) is 5.66. The minimum atomic E-state index is -0.369. The highest BCUT2D eigenvalue weighted by molar-refractivity contribution is 4.90. The van der Waals surface area contributed by atoms with E-state index in [1.54, 1.807) is 0 Å². The quantitative estimate of drug-likeness (QED) is 0.698. The van der Waals surface area contributed by atoms with E-state index in [1.807, 2.05) is 0 Å². The van der Waals surface area contributed by atoms with E-state index in [-0.39, 0.29) is 5.60 Å². The third-order valence-corrected chi connectivity index (χ3v) is 3.47. The molecule has 3 unspecified atom stereocenters. The molecule has 3 atom stereocenters. The lowest BCUT2D eigenvalue weighted by Gasteiger charge is -2.42. The second-order valence-electron chi connectivity index (χ2n) is 5.49. The van der Waals surface area contributed by atoms with Gasteiger partial charge in [-0.05, 0) is 37.0 Å². The maximum Gasteiger partial charge on any atom is 0.0678 e. The Labute approximate surface area is 82.5 Å². The highest BCUT2D eigenvalue weighted by Crippen LogP contribution is 2.40. The molecule has 0 aromatic heterocycles. The summed E-state index contributed by atoms with van der Waals surface area (Å²) in [5, 5.41) is 10.5. The number of rotatable bonds is 2. The van der Waals surface area contributed by atoms with Crippen molar-refractivity contribution in [3.8, 4) is 0 Å². The summed E-state index contributed by atoms with van der Waals surface area (Å²) >= 11 is 0. The van der Waals surface area contributed by atoms with E-state index >= 15 is 0 Å². The van der Waals surface area contributed by atoms with E-state index in [9.17, 15) is 5.11 Å². The van der Waals surface area contributed by atoms with Gasteiger partial charge in [0.1, 0.15) is 0 Å². The van der Waals surface area contributed by atoms with Crippen LogP contribution in [0.3, 0.4) is 0 Å². The van der Waals surface area contributed by atoms with Crippen molar-refractivity contribution >= 4 is 0 Å². The fourth-order valence-corrected chi connectivity index (χ4v) is 2.70. The lowest BCUT2D eigenvalue weighted by molar-refractivity contribution is -0.0709. The Kier molecular flexibility index (Phi) is 3.39. The fourth-order valence-electron chi connectivity index (χ4n) is 2.70. The van der Waals surface area contributed by atoms with E-state index in [0.29, 0.717) is 17.8 Å². The van der Waals surface area contributed by atoms with Crippen molar-refractivity contribution in [2.24, 2.45) is 17.8 Å². The van der Waals surface area contributed by atoms with Crippen LogP contribution in [0.25, 0.3) is 0 Å². The van der Waals surface area contributed by atoms with Gasteiger partial charge in [-0.2, -0.15) is 0 Å². The molecule has 78 valence electrons. The molecule has 1 N–H and O–H groups in total. The second kappa shape index (κ2) is 4.00. The minimum absolute atomic E-state index is 0.369. The highest BCUT2D eigenvalue weighted by Gasteiger charge is 2.38. The van der Waals surface area contributed by atoms with Crippen LogP contribution in [0, 0.1) is 17.8 Å². The molecule has 0 amide bonds. The zero-order valence-corrected chi connectivity index (χ0v) is 9.51. The third-order valence-electron chi connectivity index (χ3n) is 3.47. The molecule has 0 aliphatic heterocycles. The van der Waals surface area contributed by atoms with Gasteiger partial charge in [0.2, 0.25) is 0 Å². The highest BCUT2D eigenvalue weighted by atomic mass is 16.3. The molecular weight excluding hydrogens is 160 g/mol. The summed E-state index contributed by atoms with van der Waals surface area (Å²) < 4.78 is 0. The summed E-state index contributed by atoms with van der Waals surface area (Å²) in [6.07, 6.45) is 4.47. The summed E-state index contributed by atoms with van der Waals surface area (Å²) in [6.45, 7) is 8.86. The summed E-state index contributed by atoms with van der Waals surface area (Å²) in [5.74, 6) is 1.81. The monoisotopic (exact) mass is 184 g/mol. The van der Waals surface area contributed by atoms with E-state index in [4.69, 9.17) is 0 Å². The predicted molar refractivity (Wildman–Crippen MR) is 56.6 cm³/mol. The summed E-state index contributed by atoms with van der Waals surface area (Å²) in [4.78, 5) is 0. The number of hydrogen-bond acceptors (Lipinski definition) is 1. The third kappa shape index (κ3) is 2.70. The van der Waals surface area contributed by atoms with Crippen molar-refractivity contribution in [1.29, 1.82) is 0 Å². The fraction of sp³-hybridized carbons (Fsp3) is 1.00. The van der Waals surface area contributed by atoms with E-state index in [1.165, 1.54) is 12.8 Å². The van der Waals surface area contributed by atoms with Crippen LogP contribution in [0.15, 0.2) is 0 Å². The molecule has 1 rings (SSSR count). The van der Waals surface area contributed by atoms with Gasteiger partial charge in [0, 0.05) is 0 Å². The Hall–Kier alpha value is -0.0400. The van der Waals surface area contributed by atoms with Gasteiger partial charge >= 0.3 is 0 Å². The van der Waals surface area contributed by atoms with Gasteiger partial charge in [-0.15, -0.1) is 0 Å². The molecule has 0 spiro atoms. The van der Waals surface area contributed by atoms with Crippen LogP contribution < -0.4 is 0 Å². The first-order chi connectivity index (χ1) is 5.94. The largest absolute Gasteiger partial charge is 0.390 e. The predicted octanol–water partition coefficient (Wildman–Crippen LogP) is 3.22. The Morgan fingerprint density at radius 1 is 1.31 bits per heavy atom. The number of hydrogen-bond donors (Lipinski definition) is 1. The molecule has 1 saturated carbocycles. The van der Waals surface area contributed by atoms with Crippen molar-refractivity contribution in [3.05, 3.63) is 0 Å². The molecule has 0 aromatic rings. The topological polar surface area (TPSA) is 20.2 Å². The zero-order valence-electron chi connectivity index (χ0n) is 9.51. The standard InChI is InChI=1S/C12H24O/c1-9(2)7-12(13)8-10(3)5-6-11(12)4/h9-11,13H,5-8H2,1-4H3. The molecule has 13 heavy (non-hydrogen) atoms. The van der Waals surface area contributed by atoms with Gasteiger partial charge in [-0.3, -0.25) is 0 Å². The van der Waals surface area contributed by atoms with Gasteiger partial charge in [-0.1, -0.05) is 34.1 Å². The first kappa shape index (κ1) is 11.0. The molecule has 0 bridgehead atoms. The van der Waals surface area contributed by atoms with Crippen molar-refractivity contribution in [3.63, 3.8) is 0 Å². The summed E-state index contributed by atoms with van der Waals surface area (Å²) in [7, 11) is 0. The summed E-state index contributed by atoms with van der Waals surface area (Å²) in [5.41, 5.74) is -0.369. The molecule has 1 heteroatoms. The van der Waals surface area contributed by atoms with Gasteiger partial charge in [0.15, 0.2) is 0 Å². The molecule has 0 heterocycles. The first-order valence-electron chi connectivity index (χ1n) is 5.66. The maximum absolute atomic E-state index is 10.5. The van der Waals surface area contributed by atoms with Crippen molar-refractivity contribution in [2.45, 2.75) is 59.0 Å². The maximum atomic E-state index is 10.5. The van der Waals surface area contributed by atoms with Crippen molar-refractivity contribution in [1.82, 2.24) is 0 Å². The average molecular weight is 184 g/mol.